The second-order valence-electron chi connectivity index (χ2n) is 4.49. The van der Waals surface area contributed by atoms with Gasteiger partial charge in [0.25, 0.3) is 0 Å². The van der Waals surface area contributed by atoms with Crippen molar-refractivity contribution in [1.29, 1.82) is 0 Å². The van der Waals surface area contributed by atoms with Crippen LogP contribution in [0.2, 0.25) is 0 Å². The minimum absolute atomic E-state index is 0.189. The van der Waals surface area contributed by atoms with Gasteiger partial charge in [-0.2, -0.15) is 0 Å². The minimum Gasteiger partial charge on any atom is -0.294 e. The first-order valence-electron chi connectivity index (χ1n) is 5.75. The van der Waals surface area contributed by atoms with E-state index in [0.717, 1.165) is 5.56 Å². The monoisotopic (exact) mass is 230 g/mol. The fourth-order valence-corrected chi connectivity index (χ4v) is 1.59. The van der Waals surface area contributed by atoms with Crippen LogP contribution in [0.15, 0.2) is 29.8 Å². The summed E-state index contributed by atoms with van der Waals surface area (Å²) in [5, 5.41) is 0. The molecule has 0 aliphatic carbocycles. The molecule has 0 bridgehead atoms. The molecule has 0 aliphatic heterocycles. The fraction of sp³-hybridized carbons (Fsp3) is 0.333. The minimum atomic E-state index is -0.189. The van der Waals surface area contributed by atoms with Gasteiger partial charge in [0.05, 0.1) is 5.57 Å². The van der Waals surface area contributed by atoms with E-state index >= 15 is 0 Å². The number of carbonyl (C=O) groups excluding carboxylic acids is 2. The van der Waals surface area contributed by atoms with E-state index in [1.165, 1.54) is 19.4 Å². The first-order chi connectivity index (χ1) is 7.91. The van der Waals surface area contributed by atoms with Crippen molar-refractivity contribution in [2.45, 2.75) is 33.6 Å². The van der Waals surface area contributed by atoms with Crippen LogP contribution in [-0.4, -0.2) is 11.6 Å². The van der Waals surface area contributed by atoms with Crippen molar-refractivity contribution in [3.8, 4) is 0 Å². The molecule has 1 rings (SSSR count). The molecule has 0 fully saturated rings. The van der Waals surface area contributed by atoms with Gasteiger partial charge in [-0.25, -0.2) is 0 Å². The number of Topliss-reactive ketones (excluding diaryl/α,β-unsaturated/α-hetero) is 2. The SMILES string of the molecule is CC(=O)C(=Cc1ccc(C(C)C)cc1)C(C)=O. The van der Waals surface area contributed by atoms with Crippen LogP contribution < -0.4 is 0 Å². The molecule has 0 radical (unpaired) electrons. The molecular weight excluding hydrogens is 212 g/mol. The van der Waals surface area contributed by atoms with Crippen LogP contribution in [0.4, 0.5) is 0 Å². The van der Waals surface area contributed by atoms with E-state index in [0.29, 0.717) is 5.92 Å². The van der Waals surface area contributed by atoms with Crippen LogP contribution in [0, 0.1) is 0 Å². The van der Waals surface area contributed by atoms with Gasteiger partial charge < -0.3 is 0 Å². The van der Waals surface area contributed by atoms with E-state index in [9.17, 15) is 9.59 Å². The number of hydrogen-bond acceptors (Lipinski definition) is 2. The third kappa shape index (κ3) is 3.66. The molecule has 0 N–H and O–H groups in total. The van der Waals surface area contributed by atoms with Gasteiger partial charge in [-0.05, 0) is 37.0 Å². The van der Waals surface area contributed by atoms with E-state index in [-0.39, 0.29) is 17.1 Å². The maximum absolute atomic E-state index is 11.3. The van der Waals surface area contributed by atoms with Crippen molar-refractivity contribution in [2.24, 2.45) is 0 Å². The Bertz CT molecular complexity index is 434. The predicted molar refractivity (Wildman–Crippen MR) is 69.9 cm³/mol. The number of allylic oxidation sites excluding steroid dienone is 1. The summed E-state index contributed by atoms with van der Waals surface area (Å²) < 4.78 is 0. The number of ketones is 2. The Kier molecular flexibility index (Phi) is 4.38. The lowest BCUT2D eigenvalue weighted by Crippen LogP contribution is -2.05. The van der Waals surface area contributed by atoms with Crippen molar-refractivity contribution < 1.29 is 9.59 Å². The molecular formula is C15H18O2. The van der Waals surface area contributed by atoms with Gasteiger partial charge in [0, 0.05) is 0 Å². The van der Waals surface area contributed by atoms with E-state index in [2.05, 4.69) is 13.8 Å². The Morgan fingerprint density at radius 2 is 1.47 bits per heavy atom. The topological polar surface area (TPSA) is 34.1 Å². The molecule has 0 saturated carbocycles. The van der Waals surface area contributed by atoms with Crippen LogP contribution in [-0.2, 0) is 9.59 Å². The highest BCUT2D eigenvalue weighted by atomic mass is 16.1. The third-order valence-corrected chi connectivity index (χ3v) is 2.67. The second kappa shape index (κ2) is 5.58. The molecule has 17 heavy (non-hydrogen) atoms. The Morgan fingerprint density at radius 1 is 1.00 bits per heavy atom. The fourth-order valence-electron chi connectivity index (χ4n) is 1.59. The molecule has 0 unspecified atom stereocenters. The Labute approximate surface area is 102 Å². The zero-order chi connectivity index (χ0) is 13.0. The molecule has 1 aromatic carbocycles. The summed E-state index contributed by atoms with van der Waals surface area (Å²) in [5.74, 6) is 0.101. The molecule has 2 heteroatoms. The van der Waals surface area contributed by atoms with Crippen LogP contribution >= 0.6 is 0 Å². The largest absolute Gasteiger partial charge is 0.294 e. The van der Waals surface area contributed by atoms with Gasteiger partial charge in [-0.1, -0.05) is 38.1 Å². The normalized spacial score (nSPS) is 10.2. The second-order valence-corrected chi connectivity index (χ2v) is 4.49. The molecule has 0 amide bonds. The number of hydrogen-bond donors (Lipinski definition) is 0. The van der Waals surface area contributed by atoms with Crippen LogP contribution in [0.3, 0.4) is 0 Å². The summed E-state index contributed by atoms with van der Waals surface area (Å²) in [7, 11) is 0. The zero-order valence-electron chi connectivity index (χ0n) is 10.8. The van der Waals surface area contributed by atoms with Crippen LogP contribution in [0.1, 0.15) is 44.7 Å². The zero-order valence-corrected chi connectivity index (χ0v) is 10.8. The lowest BCUT2D eigenvalue weighted by Gasteiger charge is -2.05. The Hall–Kier alpha value is -1.70. The number of carbonyl (C=O) groups is 2. The maximum atomic E-state index is 11.3. The Balaban J connectivity index is 3.05. The van der Waals surface area contributed by atoms with E-state index in [1.54, 1.807) is 6.08 Å². The third-order valence-electron chi connectivity index (χ3n) is 2.67. The highest BCUT2D eigenvalue weighted by molar-refractivity contribution is 6.21. The molecule has 90 valence electrons. The Morgan fingerprint density at radius 3 is 1.82 bits per heavy atom. The maximum Gasteiger partial charge on any atom is 0.163 e. The lowest BCUT2D eigenvalue weighted by molar-refractivity contribution is -0.119. The summed E-state index contributed by atoms with van der Waals surface area (Å²) in [4.78, 5) is 22.6. The van der Waals surface area contributed by atoms with Gasteiger partial charge in [0.15, 0.2) is 11.6 Å². The van der Waals surface area contributed by atoms with E-state index in [4.69, 9.17) is 0 Å². The molecule has 2 nitrogen and oxygen atoms in total. The van der Waals surface area contributed by atoms with E-state index in [1.807, 2.05) is 24.3 Å². The smallest absolute Gasteiger partial charge is 0.163 e. The van der Waals surface area contributed by atoms with Gasteiger partial charge >= 0.3 is 0 Å². The van der Waals surface area contributed by atoms with Gasteiger partial charge in [0.1, 0.15) is 0 Å². The standard InChI is InChI=1S/C15H18O2/c1-10(2)14-7-5-13(6-8-14)9-15(11(3)16)12(4)17/h5-10H,1-4H3. The van der Waals surface area contributed by atoms with E-state index < -0.39 is 0 Å². The summed E-state index contributed by atoms with van der Waals surface area (Å²) in [6, 6.07) is 7.91. The summed E-state index contributed by atoms with van der Waals surface area (Å²) in [6.07, 6.45) is 1.65. The van der Waals surface area contributed by atoms with Crippen molar-refractivity contribution in [3.63, 3.8) is 0 Å². The van der Waals surface area contributed by atoms with Crippen molar-refractivity contribution in [2.75, 3.05) is 0 Å². The highest BCUT2D eigenvalue weighted by Gasteiger charge is 2.09. The van der Waals surface area contributed by atoms with Gasteiger partial charge in [-0.15, -0.1) is 0 Å². The highest BCUT2D eigenvalue weighted by Crippen LogP contribution is 2.16. The average Bonchev–Trinajstić information content (AvgIpc) is 2.25. The summed E-state index contributed by atoms with van der Waals surface area (Å²) in [6.45, 7) is 7.08. The predicted octanol–water partition coefficient (Wildman–Crippen LogP) is 3.37. The molecule has 0 atom stereocenters. The van der Waals surface area contributed by atoms with Crippen molar-refractivity contribution in [3.05, 3.63) is 41.0 Å². The molecule has 0 saturated heterocycles. The van der Waals surface area contributed by atoms with Crippen LogP contribution in [0.5, 0.6) is 0 Å². The van der Waals surface area contributed by atoms with Crippen molar-refractivity contribution >= 4 is 17.6 Å². The summed E-state index contributed by atoms with van der Waals surface area (Å²) >= 11 is 0. The molecule has 0 spiro atoms. The summed E-state index contributed by atoms with van der Waals surface area (Å²) in [5.41, 5.74) is 2.38. The number of benzene rings is 1. The number of rotatable bonds is 4. The van der Waals surface area contributed by atoms with Gasteiger partial charge in [-0.3, -0.25) is 9.59 Å². The molecule has 1 aromatic rings. The first-order valence-corrected chi connectivity index (χ1v) is 5.75. The quantitative estimate of drug-likeness (QED) is 0.451. The molecule has 0 aromatic heterocycles. The average molecular weight is 230 g/mol. The van der Waals surface area contributed by atoms with Gasteiger partial charge in [0.2, 0.25) is 0 Å². The first kappa shape index (κ1) is 13.4. The lowest BCUT2D eigenvalue weighted by atomic mass is 10.00. The van der Waals surface area contributed by atoms with Crippen LogP contribution in [0.25, 0.3) is 6.08 Å². The molecule has 0 aliphatic rings. The molecule has 0 heterocycles. The van der Waals surface area contributed by atoms with Crippen molar-refractivity contribution in [1.82, 2.24) is 0 Å².